The maximum atomic E-state index is 5.10. The Kier molecular flexibility index (Phi) is 5.07. The molecule has 6 heteroatoms. The number of aromatic nitrogens is 3. The molecular formula is C13H20N4OS. The van der Waals surface area contributed by atoms with Crippen LogP contribution in [0, 0.1) is 6.92 Å². The minimum atomic E-state index is 0.707. The van der Waals surface area contributed by atoms with E-state index in [1.54, 1.807) is 18.4 Å². The van der Waals surface area contributed by atoms with Crippen molar-refractivity contribution in [2.24, 2.45) is 0 Å². The van der Waals surface area contributed by atoms with Crippen molar-refractivity contribution in [1.29, 1.82) is 0 Å². The molecule has 0 aliphatic carbocycles. The molecule has 0 saturated heterocycles. The van der Waals surface area contributed by atoms with Gasteiger partial charge < -0.3 is 9.30 Å². The van der Waals surface area contributed by atoms with E-state index in [4.69, 9.17) is 4.74 Å². The van der Waals surface area contributed by atoms with Crippen molar-refractivity contribution in [3.63, 3.8) is 0 Å². The minimum Gasteiger partial charge on any atom is -0.383 e. The molecular weight excluding hydrogens is 260 g/mol. The van der Waals surface area contributed by atoms with Crippen molar-refractivity contribution in [3.8, 4) is 0 Å². The summed E-state index contributed by atoms with van der Waals surface area (Å²) in [6, 6.07) is 0. The Morgan fingerprint density at radius 3 is 2.95 bits per heavy atom. The molecule has 0 bridgehead atoms. The molecule has 2 rings (SSSR count). The van der Waals surface area contributed by atoms with Gasteiger partial charge in [-0.25, -0.2) is 9.97 Å². The van der Waals surface area contributed by atoms with Crippen molar-refractivity contribution in [2.75, 3.05) is 20.8 Å². The highest BCUT2D eigenvalue weighted by atomic mass is 32.1. The molecule has 0 saturated carbocycles. The third-order valence-corrected chi connectivity index (χ3v) is 3.77. The molecule has 0 aliphatic rings. The van der Waals surface area contributed by atoms with E-state index in [0.29, 0.717) is 6.61 Å². The zero-order chi connectivity index (χ0) is 13.7. The summed E-state index contributed by atoms with van der Waals surface area (Å²) in [4.78, 5) is 11.1. The smallest absolute Gasteiger partial charge is 0.122 e. The molecule has 0 N–H and O–H groups in total. The van der Waals surface area contributed by atoms with E-state index in [9.17, 15) is 0 Å². The zero-order valence-corrected chi connectivity index (χ0v) is 12.5. The van der Waals surface area contributed by atoms with Crippen molar-refractivity contribution in [2.45, 2.75) is 26.6 Å². The van der Waals surface area contributed by atoms with Crippen LogP contribution >= 0.6 is 11.3 Å². The molecule has 0 amide bonds. The summed E-state index contributed by atoms with van der Waals surface area (Å²) in [6.45, 7) is 5.25. The SMILES string of the molecule is COCCn1ccnc1CN(C)Cc1nc(C)cs1. The Bertz CT molecular complexity index is 508. The molecule has 2 aromatic rings. The summed E-state index contributed by atoms with van der Waals surface area (Å²) >= 11 is 1.71. The van der Waals surface area contributed by atoms with Gasteiger partial charge >= 0.3 is 0 Å². The number of imidazole rings is 1. The Balaban J connectivity index is 1.91. The summed E-state index contributed by atoms with van der Waals surface area (Å²) in [6.07, 6.45) is 3.84. The Morgan fingerprint density at radius 2 is 2.26 bits per heavy atom. The van der Waals surface area contributed by atoms with Crippen LogP contribution in [0.3, 0.4) is 0 Å². The van der Waals surface area contributed by atoms with E-state index in [1.807, 2.05) is 19.3 Å². The van der Waals surface area contributed by atoms with Gasteiger partial charge in [-0.2, -0.15) is 0 Å². The van der Waals surface area contributed by atoms with E-state index in [0.717, 1.165) is 36.2 Å². The molecule has 5 nitrogen and oxygen atoms in total. The van der Waals surface area contributed by atoms with E-state index < -0.39 is 0 Å². The van der Waals surface area contributed by atoms with Gasteiger partial charge in [-0.15, -0.1) is 11.3 Å². The maximum Gasteiger partial charge on any atom is 0.122 e. The second-order valence-electron chi connectivity index (χ2n) is 4.58. The Labute approximate surface area is 117 Å². The molecule has 0 aliphatic heterocycles. The van der Waals surface area contributed by atoms with Gasteiger partial charge in [0, 0.05) is 37.1 Å². The predicted molar refractivity (Wildman–Crippen MR) is 76.1 cm³/mol. The largest absolute Gasteiger partial charge is 0.383 e. The first-order valence-electron chi connectivity index (χ1n) is 6.27. The van der Waals surface area contributed by atoms with Gasteiger partial charge in [0.1, 0.15) is 10.8 Å². The molecule has 2 aromatic heterocycles. The molecule has 2 heterocycles. The zero-order valence-electron chi connectivity index (χ0n) is 11.7. The first kappa shape index (κ1) is 14.2. The first-order chi connectivity index (χ1) is 9.19. The molecule has 0 fully saturated rings. The molecule has 0 radical (unpaired) electrons. The van der Waals surface area contributed by atoms with Crippen molar-refractivity contribution in [1.82, 2.24) is 19.4 Å². The summed E-state index contributed by atoms with van der Waals surface area (Å²) in [5.74, 6) is 1.06. The summed E-state index contributed by atoms with van der Waals surface area (Å²) in [5.41, 5.74) is 1.09. The maximum absolute atomic E-state index is 5.10. The van der Waals surface area contributed by atoms with Crippen LogP contribution in [0.5, 0.6) is 0 Å². The van der Waals surface area contributed by atoms with Crippen LogP contribution in [0.2, 0.25) is 0 Å². The number of nitrogens with zero attached hydrogens (tertiary/aromatic N) is 4. The molecule has 104 valence electrons. The number of methoxy groups -OCH3 is 1. The molecule has 19 heavy (non-hydrogen) atoms. The van der Waals surface area contributed by atoms with Crippen molar-refractivity contribution in [3.05, 3.63) is 34.3 Å². The van der Waals surface area contributed by atoms with Crippen LogP contribution in [-0.4, -0.2) is 40.2 Å². The average molecular weight is 280 g/mol. The normalized spacial score (nSPS) is 11.4. The van der Waals surface area contributed by atoms with Gasteiger partial charge in [0.15, 0.2) is 0 Å². The van der Waals surface area contributed by atoms with Crippen molar-refractivity contribution >= 4 is 11.3 Å². The molecule has 0 unspecified atom stereocenters. The fraction of sp³-hybridized carbons (Fsp3) is 0.538. The van der Waals surface area contributed by atoms with Gasteiger partial charge in [0.05, 0.1) is 19.7 Å². The standard InChI is InChI=1S/C13H20N4OS/c1-11-10-19-13(15-11)9-16(2)8-12-14-4-5-17(12)6-7-18-3/h4-5,10H,6-9H2,1-3H3. The fourth-order valence-electron chi connectivity index (χ4n) is 1.89. The second kappa shape index (κ2) is 6.79. The Hall–Kier alpha value is -1.24. The summed E-state index contributed by atoms with van der Waals surface area (Å²) in [5, 5.41) is 3.23. The van der Waals surface area contributed by atoms with Crippen molar-refractivity contribution < 1.29 is 4.74 Å². The minimum absolute atomic E-state index is 0.707. The van der Waals surface area contributed by atoms with Gasteiger partial charge in [0.2, 0.25) is 0 Å². The van der Waals surface area contributed by atoms with Gasteiger partial charge in [-0.1, -0.05) is 0 Å². The van der Waals surface area contributed by atoms with Crippen LogP contribution in [0.25, 0.3) is 0 Å². The number of hydrogen-bond acceptors (Lipinski definition) is 5. The second-order valence-corrected chi connectivity index (χ2v) is 5.53. The topological polar surface area (TPSA) is 43.2 Å². The van der Waals surface area contributed by atoms with Crippen LogP contribution in [0.1, 0.15) is 16.5 Å². The number of ether oxygens (including phenoxy) is 1. The molecule has 0 atom stereocenters. The van der Waals surface area contributed by atoms with Gasteiger partial charge in [-0.3, -0.25) is 4.90 Å². The number of rotatable bonds is 7. The summed E-state index contributed by atoms with van der Waals surface area (Å²) in [7, 11) is 3.81. The van der Waals surface area contributed by atoms with E-state index in [1.165, 1.54) is 0 Å². The van der Waals surface area contributed by atoms with Gasteiger partial charge in [-0.05, 0) is 14.0 Å². The van der Waals surface area contributed by atoms with E-state index in [-0.39, 0.29) is 0 Å². The quantitative estimate of drug-likeness (QED) is 0.777. The monoisotopic (exact) mass is 280 g/mol. The lowest BCUT2D eigenvalue weighted by molar-refractivity contribution is 0.184. The van der Waals surface area contributed by atoms with Crippen LogP contribution < -0.4 is 0 Å². The lowest BCUT2D eigenvalue weighted by atomic mass is 10.4. The van der Waals surface area contributed by atoms with E-state index in [2.05, 4.69) is 31.9 Å². The highest BCUT2D eigenvalue weighted by Crippen LogP contribution is 2.12. The highest BCUT2D eigenvalue weighted by Gasteiger charge is 2.08. The average Bonchev–Trinajstić information content (AvgIpc) is 2.96. The lowest BCUT2D eigenvalue weighted by Gasteiger charge is -2.15. The third-order valence-electron chi connectivity index (χ3n) is 2.82. The van der Waals surface area contributed by atoms with Crippen LogP contribution in [-0.2, 0) is 24.4 Å². The predicted octanol–water partition coefficient (Wildman–Crippen LogP) is 1.93. The first-order valence-corrected chi connectivity index (χ1v) is 7.15. The highest BCUT2D eigenvalue weighted by molar-refractivity contribution is 7.09. The van der Waals surface area contributed by atoms with Crippen LogP contribution in [0.15, 0.2) is 17.8 Å². The van der Waals surface area contributed by atoms with Crippen LogP contribution in [0.4, 0.5) is 0 Å². The number of hydrogen-bond donors (Lipinski definition) is 0. The van der Waals surface area contributed by atoms with Gasteiger partial charge in [0.25, 0.3) is 0 Å². The Morgan fingerprint density at radius 1 is 1.42 bits per heavy atom. The third kappa shape index (κ3) is 4.12. The molecule has 0 aromatic carbocycles. The lowest BCUT2D eigenvalue weighted by Crippen LogP contribution is -2.20. The number of thiazole rings is 1. The summed E-state index contributed by atoms with van der Waals surface area (Å²) < 4.78 is 7.24. The number of aryl methyl sites for hydroxylation is 1. The fourth-order valence-corrected chi connectivity index (χ4v) is 2.74. The molecule has 0 spiro atoms. The van der Waals surface area contributed by atoms with E-state index >= 15 is 0 Å².